The van der Waals surface area contributed by atoms with E-state index in [0.29, 0.717) is 17.4 Å². The van der Waals surface area contributed by atoms with Crippen LogP contribution in [0.25, 0.3) is 0 Å². The van der Waals surface area contributed by atoms with Crippen LogP contribution in [0.4, 0.5) is 0 Å². The predicted molar refractivity (Wildman–Crippen MR) is 406 cm³/mol. The summed E-state index contributed by atoms with van der Waals surface area (Å²) in [6, 6.07) is 0. The van der Waals surface area contributed by atoms with E-state index in [4.69, 9.17) is 18.5 Å². The lowest BCUT2D eigenvalue weighted by atomic mass is 10.0. The first kappa shape index (κ1) is 90.2. The van der Waals surface area contributed by atoms with Crippen molar-refractivity contribution in [3.8, 4) is 0 Å². The molecular formula is C84H146NO8P. The summed E-state index contributed by atoms with van der Waals surface area (Å²) in [5.74, 6) is -0.846. The van der Waals surface area contributed by atoms with Crippen LogP contribution in [0.5, 0.6) is 0 Å². The fourth-order valence-corrected chi connectivity index (χ4v) is 11.5. The van der Waals surface area contributed by atoms with Gasteiger partial charge in [-0.05, 0) is 116 Å². The highest BCUT2D eigenvalue weighted by Gasteiger charge is 2.22. The third-order valence-corrected chi connectivity index (χ3v) is 17.6. The number of carbonyl (C=O) groups is 2. The zero-order valence-corrected chi connectivity index (χ0v) is 62.5. The van der Waals surface area contributed by atoms with E-state index in [2.05, 4.69) is 148 Å². The molecule has 0 aliphatic heterocycles. The van der Waals surface area contributed by atoms with Crippen molar-refractivity contribution in [3.63, 3.8) is 0 Å². The van der Waals surface area contributed by atoms with Crippen LogP contribution < -0.4 is 4.89 Å². The molecule has 0 bridgehead atoms. The number of rotatable bonds is 71. The van der Waals surface area contributed by atoms with E-state index in [-0.39, 0.29) is 32.0 Å². The second kappa shape index (κ2) is 73.4. The quantitative estimate of drug-likeness (QED) is 0.0195. The monoisotopic (exact) mass is 1330 g/mol. The Balaban J connectivity index is 4.01. The number of hydrogen-bond acceptors (Lipinski definition) is 8. The van der Waals surface area contributed by atoms with E-state index in [1.54, 1.807) is 0 Å². The standard InChI is InChI=1S/C84H146NO8P/c1-6-8-10-12-14-16-18-20-22-24-26-28-30-32-34-36-38-39-40-41-42-43-44-45-47-48-50-52-54-56-58-60-62-64-66-68-70-72-74-76-83(86)90-80-82(81-92-94(88,89)91-79-78-85(3,4)5)93-84(87)77-75-73-71-69-67-65-63-61-59-57-55-53-51-49-46-37-35-33-31-29-27-25-23-21-19-17-15-13-11-9-7-2/h9,11,15,17-18,20-21,23-24,26-27,29-30,32-33,35,46,49,53,55,59,61,82H,6-8,10,12-14,16,19,22,25,28,31,34,36-45,47-48,50-52,54,56-58,60,62-81H2,1-5H3/b11-9-,17-15-,20-18-,23-21-,26-24-,29-27-,32-30-,35-33-,49-46-,55-53-,61-59-. The summed E-state index contributed by atoms with van der Waals surface area (Å²) in [5, 5.41) is 0. The highest BCUT2D eigenvalue weighted by molar-refractivity contribution is 7.45. The van der Waals surface area contributed by atoms with Crippen LogP contribution in [0.1, 0.15) is 335 Å². The van der Waals surface area contributed by atoms with Gasteiger partial charge in [-0.2, -0.15) is 0 Å². The van der Waals surface area contributed by atoms with Crippen LogP contribution in [0.3, 0.4) is 0 Å². The van der Waals surface area contributed by atoms with Gasteiger partial charge in [0.05, 0.1) is 27.7 Å². The average molecular weight is 1330 g/mol. The number of phosphoric acid groups is 1. The van der Waals surface area contributed by atoms with Gasteiger partial charge < -0.3 is 27.9 Å². The molecule has 0 aliphatic rings. The Morgan fingerprint density at radius 1 is 0.340 bits per heavy atom. The molecule has 0 saturated carbocycles. The molecule has 2 unspecified atom stereocenters. The number of hydrogen-bond donors (Lipinski definition) is 0. The average Bonchev–Trinajstić information content (AvgIpc) is 1.66. The lowest BCUT2D eigenvalue weighted by Gasteiger charge is -2.28. The maximum atomic E-state index is 12.9. The molecule has 0 aromatic carbocycles. The third kappa shape index (κ3) is 77.2. The van der Waals surface area contributed by atoms with Gasteiger partial charge >= 0.3 is 11.9 Å². The van der Waals surface area contributed by atoms with E-state index in [1.807, 2.05) is 21.1 Å². The van der Waals surface area contributed by atoms with Crippen molar-refractivity contribution in [3.05, 3.63) is 134 Å². The van der Waals surface area contributed by atoms with E-state index < -0.39 is 26.5 Å². The summed E-state index contributed by atoms with van der Waals surface area (Å²) in [6.07, 6.45) is 107. The highest BCUT2D eigenvalue weighted by atomic mass is 31.2. The molecule has 0 aliphatic carbocycles. The van der Waals surface area contributed by atoms with Gasteiger partial charge in [0.15, 0.2) is 6.10 Å². The van der Waals surface area contributed by atoms with Gasteiger partial charge in [0, 0.05) is 12.8 Å². The van der Waals surface area contributed by atoms with Gasteiger partial charge in [0.25, 0.3) is 7.82 Å². The molecule has 0 spiro atoms. The Morgan fingerprint density at radius 2 is 0.606 bits per heavy atom. The molecule has 0 N–H and O–H groups in total. The van der Waals surface area contributed by atoms with Gasteiger partial charge in [-0.3, -0.25) is 14.2 Å². The van der Waals surface area contributed by atoms with Crippen molar-refractivity contribution >= 4 is 19.8 Å². The first-order valence-electron chi connectivity index (χ1n) is 38.9. The zero-order chi connectivity index (χ0) is 68.3. The molecule has 0 heterocycles. The topological polar surface area (TPSA) is 111 Å². The lowest BCUT2D eigenvalue weighted by molar-refractivity contribution is -0.870. The molecule has 0 fully saturated rings. The van der Waals surface area contributed by atoms with Gasteiger partial charge in [-0.1, -0.05) is 340 Å². The number of unbranched alkanes of at least 4 members (excludes halogenated alkanes) is 35. The first-order chi connectivity index (χ1) is 46.0. The summed E-state index contributed by atoms with van der Waals surface area (Å²) in [7, 11) is 1.15. The molecule has 0 saturated heterocycles. The molecule has 540 valence electrons. The largest absolute Gasteiger partial charge is 0.756 e. The number of phosphoric ester groups is 1. The Bertz CT molecular complexity index is 2050. The van der Waals surface area contributed by atoms with Crippen molar-refractivity contribution in [2.24, 2.45) is 0 Å². The van der Waals surface area contributed by atoms with Crippen LogP contribution >= 0.6 is 7.82 Å². The van der Waals surface area contributed by atoms with Crippen LogP contribution in [-0.2, 0) is 32.7 Å². The lowest BCUT2D eigenvalue weighted by Crippen LogP contribution is -2.37. The molecule has 0 amide bonds. The smallest absolute Gasteiger partial charge is 0.306 e. The zero-order valence-electron chi connectivity index (χ0n) is 61.6. The fraction of sp³-hybridized carbons (Fsp3) is 0.714. The third-order valence-electron chi connectivity index (χ3n) is 16.7. The summed E-state index contributed by atoms with van der Waals surface area (Å²) in [4.78, 5) is 38.1. The van der Waals surface area contributed by atoms with Crippen LogP contribution in [0.15, 0.2) is 134 Å². The van der Waals surface area contributed by atoms with Gasteiger partial charge in [-0.25, -0.2) is 0 Å². The van der Waals surface area contributed by atoms with Crippen LogP contribution in [-0.4, -0.2) is 70.0 Å². The summed E-state index contributed by atoms with van der Waals surface area (Å²) in [5.41, 5.74) is 0. The summed E-state index contributed by atoms with van der Waals surface area (Å²) < 4.78 is 34.4. The molecule has 0 aromatic rings. The Kier molecular flexibility index (Phi) is 70.4. The number of esters is 2. The molecule has 10 heteroatoms. The molecule has 2 atom stereocenters. The predicted octanol–water partition coefficient (Wildman–Crippen LogP) is 25.3. The van der Waals surface area contributed by atoms with E-state index in [0.717, 1.165) is 122 Å². The molecule has 0 aromatic heterocycles. The molecule has 9 nitrogen and oxygen atoms in total. The Morgan fingerprint density at radius 3 is 0.904 bits per heavy atom. The second-order valence-corrected chi connectivity index (χ2v) is 28.4. The van der Waals surface area contributed by atoms with Crippen molar-refractivity contribution in [2.45, 2.75) is 341 Å². The number of likely N-dealkylation sites (N-methyl/N-ethyl adjacent to an activating group) is 1. The van der Waals surface area contributed by atoms with Gasteiger partial charge in [-0.15, -0.1) is 0 Å². The van der Waals surface area contributed by atoms with Crippen molar-refractivity contribution in [1.29, 1.82) is 0 Å². The van der Waals surface area contributed by atoms with Gasteiger partial charge in [0.2, 0.25) is 0 Å². The van der Waals surface area contributed by atoms with Gasteiger partial charge in [0.1, 0.15) is 19.8 Å². The second-order valence-electron chi connectivity index (χ2n) is 27.0. The molecule has 94 heavy (non-hydrogen) atoms. The first-order valence-corrected chi connectivity index (χ1v) is 40.4. The minimum Gasteiger partial charge on any atom is -0.756 e. The Hall–Kier alpha value is -3.85. The van der Waals surface area contributed by atoms with Crippen LogP contribution in [0.2, 0.25) is 0 Å². The van der Waals surface area contributed by atoms with Crippen molar-refractivity contribution in [2.75, 3.05) is 47.5 Å². The number of carbonyl (C=O) groups excluding carboxylic acids is 2. The number of quaternary nitrogens is 1. The normalized spacial score (nSPS) is 13.8. The van der Waals surface area contributed by atoms with Crippen molar-refractivity contribution in [1.82, 2.24) is 0 Å². The maximum absolute atomic E-state index is 12.9. The number of ether oxygens (including phenoxy) is 2. The van der Waals surface area contributed by atoms with E-state index >= 15 is 0 Å². The number of allylic oxidation sites excluding steroid dienone is 22. The van der Waals surface area contributed by atoms with E-state index in [1.165, 1.54) is 180 Å². The Labute approximate surface area is 581 Å². The van der Waals surface area contributed by atoms with Crippen molar-refractivity contribution < 1.29 is 42.1 Å². The maximum Gasteiger partial charge on any atom is 0.306 e. The minimum atomic E-state index is -4.66. The SMILES string of the molecule is CC/C=C\C/C=C\C/C=C\C/C=C\C/C=C\C/C=C\C/C=C\C/C=C\CCCCCCCCC(=O)OC(COC(=O)CCCCCCCCCCCCCCCCCCCCCCCCCC/C=C\C/C=C\C/C=C\CCCCCCC)COP(=O)([O-])OCC[N+](C)(C)C. The fourth-order valence-electron chi connectivity index (χ4n) is 10.7. The highest BCUT2D eigenvalue weighted by Crippen LogP contribution is 2.38. The van der Waals surface area contributed by atoms with E-state index in [9.17, 15) is 19.0 Å². The van der Waals surface area contributed by atoms with Crippen LogP contribution in [0, 0.1) is 0 Å². The number of nitrogens with zero attached hydrogens (tertiary/aromatic N) is 1. The molecular weight excluding hydrogens is 1180 g/mol. The minimum absolute atomic E-state index is 0.0390. The molecule has 0 rings (SSSR count). The summed E-state index contributed by atoms with van der Waals surface area (Å²) >= 11 is 0. The summed E-state index contributed by atoms with van der Waals surface area (Å²) in [6.45, 7) is 4.12. The molecule has 0 radical (unpaired) electrons.